The number of nitrogens with one attached hydrogen (secondary N) is 1. The van der Waals surface area contributed by atoms with Gasteiger partial charge in [0.1, 0.15) is 5.69 Å². The number of aliphatic hydroxyl groups excluding tert-OH is 1. The van der Waals surface area contributed by atoms with Gasteiger partial charge in [-0.3, -0.25) is 9.78 Å². The van der Waals surface area contributed by atoms with Crippen molar-refractivity contribution in [1.29, 1.82) is 0 Å². The fourth-order valence-electron chi connectivity index (χ4n) is 2.56. The number of aliphatic hydroxyl groups is 1. The van der Waals surface area contributed by atoms with Crippen LogP contribution >= 0.6 is 0 Å². The lowest BCUT2D eigenvalue weighted by atomic mass is 9.86. The summed E-state index contributed by atoms with van der Waals surface area (Å²) < 4.78 is 0. The summed E-state index contributed by atoms with van der Waals surface area (Å²) >= 11 is 0. The molecular weight excluding hydrogens is 240 g/mol. The summed E-state index contributed by atoms with van der Waals surface area (Å²) in [6, 6.07) is 3.74. The van der Waals surface area contributed by atoms with Gasteiger partial charge in [0.25, 0.3) is 5.91 Å². The van der Waals surface area contributed by atoms with E-state index in [9.17, 15) is 9.90 Å². The van der Waals surface area contributed by atoms with E-state index in [1.807, 2.05) is 12.1 Å². The van der Waals surface area contributed by atoms with Crippen LogP contribution in [0, 0.1) is 5.92 Å². The third-order valence-electron chi connectivity index (χ3n) is 3.86. The highest BCUT2D eigenvalue weighted by Gasteiger charge is 2.23. The van der Waals surface area contributed by atoms with Gasteiger partial charge in [0.15, 0.2) is 0 Å². The van der Waals surface area contributed by atoms with E-state index in [0.29, 0.717) is 12.2 Å². The van der Waals surface area contributed by atoms with Gasteiger partial charge in [-0.05, 0) is 37.0 Å². The van der Waals surface area contributed by atoms with E-state index >= 15 is 0 Å². The summed E-state index contributed by atoms with van der Waals surface area (Å²) in [4.78, 5) is 16.1. The number of carbonyl (C=O) groups excluding carboxylic acids is 1. The van der Waals surface area contributed by atoms with Gasteiger partial charge >= 0.3 is 0 Å². The molecule has 104 valence electrons. The largest absolute Gasteiger partial charge is 0.393 e. The molecule has 19 heavy (non-hydrogen) atoms. The fourth-order valence-corrected chi connectivity index (χ4v) is 2.56. The predicted molar refractivity (Wildman–Crippen MR) is 73.9 cm³/mol. The Labute approximate surface area is 114 Å². The zero-order valence-electron chi connectivity index (χ0n) is 11.4. The van der Waals surface area contributed by atoms with Gasteiger partial charge in [0.2, 0.25) is 0 Å². The van der Waals surface area contributed by atoms with Crippen LogP contribution in [0.3, 0.4) is 0 Å². The topological polar surface area (TPSA) is 62.2 Å². The van der Waals surface area contributed by atoms with Crippen LogP contribution in [0.5, 0.6) is 0 Å². The Balaban J connectivity index is 1.89. The number of rotatable bonds is 4. The molecule has 1 aromatic heterocycles. The van der Waals surface area contributed by atoms with Gasteiger partial charge in [-0.2, -0.15) is 0 Å². The highest BCUT2D eigenvalue weighted by atomic mass is 16.3. The van der Waals surface area contributed by atoms with Crippen LogP contribution in [0.2, 0.25) is 0 Å². The molecule has 1 aliphatic rings. The van der Waals surface area contributed by atoms with Crippen LogP contribution in [0.15, 0.2) is 18.3 Å². The second-order valence-electron chi connectivity index (χ2n) is 5.22. The molecular formula is C15H22N2O2. The van der Waals surface area contributed by atoms with E-state index in [1.54, 1.807) is 6.20 Å². The minimum Gasteiger partial charge on any atom is -0.393 e. The zero-order valence-corrected chi connectivity index (χ0v) is 11.4. The first-order valence-corrected chi connectivity index (χ1v) is 7.12. The normalized spacial score (nSPS) is 23.1. The predicted octanol–water partition coefficient (Wildman–Crippen LogP) is 1.92. The van der Waals surface area contributed by atoms with E-state index in [1.165, 1.54) is 0 Å². The van der Waals surface area contributed by atoms with E-state index in [2.05, 4.69) is 17.2 Å². The highest BCUT2D eigenvalue weighted by molar-refractivity contribution is 5.92. The molecule has 0 unspecified atom stereocenters. The number of hydrogen-bond donors (Lipinski definition) is 2. The van der Waals surface area contributed by atoms with Crippen molar-refractivity contribution in [1.82, 2.24) is 10.3 Å². The van der Waals surface area contributed by atoms with Crippen LogP contribution in [-0.2, 0) is 6.42 Å². The van der Waals surface area contributed by atoms with Crippen molar-refractivity contribution in [3.63, 3.8) is 0 Å². The maximum absolute atomic E-state index is 12.0. The van der Waals surface area contributed by atoms with Crippen molar-refractivity contribution in [2.24, 2.45) is 5.92 Å². The van der Waals surface area contributed by atoms with Crippen molar-refractivity contribution >= 4 is 5.91 Å². The summed E-state index contributed by atoms with van der Waals surface area (Å²) in [6.07, 6.45) is 6.36. The molecule has 0 bridgehead atoms. The minimum absolute atomic E-state index is 0.145. The van der Waals surface area contributed by atoms with Crippen LogP contribution in [0.25, 0.3) is 0 Å². The molecule has 0 radical (unpaired) electrons. The second kappa shape index (κ2) is 6.66. The highest BCUT2D eigenvalue weighted by Crippen LogP contribution is 2.23. The van der Waals surface area contributed by atoms with E-state index < -0.39 is 0 Å². The van der Waals surface area contributed by atoms with Gasteiger partial charge in [0.05, 0.1) is 6.10 Å². The summed E-state index contributed by atoms with van der Waals surface area (Å²) in [5, 5.41) is 12.8. The Bertz CT molecular complexity index is 434. The van der Waals surface area contributed by atoms with E-state index in [-0.39, 0.29) is 17.9 Å². The monoisotopic (exact) mass is 262 g/mol. The van der Waals surface area contributed by atoms with Crippen molar-refractivity contribution in [3.05, 3.63) is 29.6 Å². The lowest BCUT2D eigenvalue weighted by Gasteiger charge is -2.27. The molecule has 1 fully saturated rings. The minimum atomic E-state index is -0.274. The second-order valence-corrected chi connectivity index (χ2v) is 5.22. The van der Waals surface area contributed by atoms with Crippen molar-refractivity contribution < 1.29 is 9.90 Å². The molecule has 4 heteroatoms. The molecule has 0 spiro atoms. The smallest absolute Gasteiger partial charge is 0.269 e. The quantitative estimate of drug-likeness (QED) is 0.871. The number of amides is 1. The van der Waals surface area contributed by atoms with Gasteiger partial charge in [-0.25, -0.2) is 0 Å². The number of hydrogen-bond acceptors (Lipinski definition) is 3. The SMILES string of the molecule is CCc1ccnc(C(=O)NC[C@@H]2CCCC[C@H]2O)c1. The maximum Gasteiger partial charge on any atom is 0.269 e. The van der Waals surface area contributed by atoms with Gasteiger partial charge in [-0.1, -0.05) is 19.8 Å². The molecule has 1 aromatic rings. The van der Waals surface area contributed by atoms with Crippen LogP contribution in [0.1, 0.15) is 48.7 Å². The summed E-state index contributed by atoms with van der Waals surface area (Å²) in [7, 11) is 0. The first-order valence-electron chi connectivity index (χ1n) is 7.12. The van der Waals surface area contributed by atoms with Crippen molar-refractivity contribution in [3.8, 4) is 0 Å². The van der Waals surface area contributed by atoms with Crippen molar-refractivity contribution in [2.75, 3.05) is 6.54 Å². The summed E-state index contributed by atoms with van der Waals surface area (Å²) in [6.45, 7) is 2.59. The van der Waals surface area contributed by atoms with Gasteiger partial charge in [0, 0.05) is 18.7 Å². The Morgan fingerprint density at radius 2 is 2.26 bits per heavy atom. The number of aromatic nitrogens is 1. The number of aryl methyl sites for hydroxylation is 1. The molecule has 1 saturated carbocycles. The maximum atomic E-state index is 12.0. The number of nitrogens with zero attached hydrogens (tertiary/aromatic N) is 1. The molecule has 1 heterocycles. The molecule has 0 aromatic carbocycles. The van der Waals surface area contributed by atoms with E-state index in [0.717, 1.165) is 37.7 Å². The average molecular weight is 262 g/mol. The van der Waals surface area contributed by atoms with Crippen LogP contribution < -0.4 is 5.32 Å². The third kappa shape index (κ3) is 3.77. The van der Waals surface area contributed by atoms with Crippen molar-refractivity contribution in [2.45, 2.75) is 45.1 Å². The Morgan fingerprint density at radius 3 is 3.00 bits per heavy atom. The Hall–Kier alpha value is -1.42. The lowest BCUT2D eigenvalue weighted by molar-refractivity contribution is 0.0661. The standard InChI is InChI=1S/C15H22N2O2/c1-2-11-7-8-16-13(9-11)15(19)17-10-12-5-3-4-6-14(12)18/h7-9,12,14,18H,2-6,10H2,1H3,(H,17,19)/t12-,14+/m0/s1. The van der Waals surface area contributed by atoms with Gasteiger partial charge < -0.3 is 10.4 Å². The first-order chi connectivity index (χ1) is 9.20. The van der Waals surface area contributed by atoms with Crippen LogP contribution in [-0.4, -0.2) is 28.6 Å². The molecule has 4 nitrogen and oxygen atoms in total. The number of pyridine rings is 1. The molecule has 1 amide bonds. The first kappa shape index (κ1) is 14.0. The molecule has 0 saturated heterocycles. The Kier molecular flexibility index (Phi) is 4.91. The summed E-state index contributed by atoms with van der Waals surface area (Å²) in [5.74, 6) is 0.0418. The summed E-state index contributed by atoms with van der Waals surface area (Å²) in [5.41, 5.74) is 1.57. The Morgan fingerprint density at radius 1 is 1.47 bits per heavy atom. The average Bonchev–Trinajstić information content (AvgIpc) is 2.46. The zero-order chi connectivity index (χ0) is 13.7. The molecule has 2 rings (SSSR count). The lowest BCUT2D eigenvalue weighted by Crippen LogP contribution is -2.36. The molecule has 2 atom stereocenters. The van der Waals surface area contributed by atoms with E-state index in [4.69, 9.17) is 0 Å². The van der Waals surface area contributed by atoms with Gasteiger partial charge in [-0.15, -0.1) is 0 Å². The molecule has 1 aliphatic carbocycles. The third-order valence-corrected chi connectivity index (χ3v) is 3.86. The van der Waals surface area contributed by atoms with Crippen LogP contribution in [0.4, 0.5) is 0 Å². The molecule has 2 N–H and O–H groups in total. The molecule has 0 aliphatic heterocycles. The fraction of sp³-hybridized carbons (Fsp3) is 0.600. The number of carbonyl (C=O) groups is 1.